The molecule has 4 rings (SSSR count). The summed E-state index contributed by atoms with van der Waals surface area (Å²) in [6.45, 7) is 2.73. The van der Waals surface area contributed by atoms with E-state index in [1.165, 1.54) is 0 Å². The molecule has 146 valence electrons. The fraction of sp³-hybridized carbons (Fsp3) is 0.273. The van der Waals surface area contributed by atoms with E-state index in [2.05, 4.69) is 5.32 Å². The number of hydrogen-bond acceptors (Lipinski definition) is 3. The van der Waals surface area contributed by atoms with Crippen molar-refractivity contribution in [1.82, 2.24) is 9.88 Å². The lowest BCUT2D eigenvalue weighted by Gasteiger charge is -2.24. The van der Waals surface area contributed by atoms with Crippen molar-refractivity contribution in [3.05, 3.63) is 71.5 Å². The number of halogens is 1. The van der Waals surface area contributed by atoms with Crippen LogP contribution >= 0.6 is 11.6 Å². The van der Waals surface area contributed by atoms with Gasteiger partial charge in [0, 0.05) is 28.2 Å². The number of nitrogens with zero attached hydrogens (tertiary/aromatic N) is 1. The first-order valence-corrected chi connectivity index (χ1v) is 11.4. The molecule has 1 saturated heterocycles. The number of rotatable bonds is 4. The molecule has 1 aliphatic heterocycles. The van der Waals surface area contributed by atoms with Crippen LogP contribution in [0.1, 0.15) is 25.0 Å². The van der Waals surface area contributed by atoms with Gasteiger partial charge in [0.05, 0.1) is 4.90 Å². The van der Waals surface area contributed by atoms with Crippen molar-refractivity contribution in [2.45, 2.75) is 36.5 Å². The smallest absolute Gasteiger partial charge is 0.194 e. The molecule has 1 N–H and O–H groups in total. The molecular formula is C22H23ClN2O2S. The van der Waals surface area contributed by atoms with Crippen molar-refractivity contribution < 1.29 is 8.42 Å². The minimum atomic E-state index is -3.50. The van der Waals surface area contributed by atoms with E-state index in [0.717, 1.165) is 41.9 Å². The van der Waals surface area contributed by atoms with Gasteiger partial charge in [0.15, 0.2) is 9.84 Å². The highest BCUT2D eigenvalue weighted by Crippen LogP contribution is 2.33. The maximum Gasteiger partial charge on any atom is 0.194 e. The molecule has 4 nitrogen and oxygen atoms in total. The Kier molecular flexibility index (Phi) is 5.32. The number of nitrogens with one attached hydrogen (secondary N) is 1. The first-order valence-electron chi connectivity index (χ1n) is 9.48. The average Bonchev–Trinajstić information content (AvgIpc) is 3.14. The molecule has 0 aliphatic carbocycles. The Morgan fingerprint density at radius 2 is 1.89 bits per heavy atom. The minimum absolute atomic E-state index is 0.326. The number of hydrogen-bond donors (Lipinski definition) is 1. The van der Waals surface area contributed by atoms with Crippen LogP contribution in [0.5, 0.6) is 0 Å². The second kappa shape index (κ2) is 7.74. The van der Waals surface area contributed by atoms with E-state index >= 15 is 0 Å². The van der Waals surface area contributed by atoms with Crippen molar-refractivity contribution in [2.75, 3.05) is 6.54 Å². The van der Waals surface area contributed by atoms with E-state index in [1.54, 1.807) is 12.1 Å². The summed E-state index contributed by atoms with van der Waals surface area (Å²) < 4.78 is 28.7. The van der Waals surface area contributed by atoms with Gasteiger partial charge < -0.3 is 9.88 Å². The van der Waals surface area contributed by atoms with Crippen LogP contribution in [0, 0.1) is 6.92 Å². The summed E-state index contributed by atoms with van der Waals surface area (Å²) in [6, 6.07) is 17.0. The molecule has 1 aliphatic rings. The van der Waals surface area contributed by atoms with Crippen molar-refractivity contribution in [2.24, 2.45) is 0 Å². The lowest BCUT2D eigenvalue weighted by molar-refractivity contribution is 0.461. The third kappa shape index (κ3) is 3.62. The summed E-state index contributed by atoms with van der Waals surface area (Å²) in [4.78, 5) is 0.326. The van der Waals surface area contributed by atoms with Crippen LogP contribution in [0.15, 0.2) is 65.7 Å². The molecule has 1 aromatic heterocycles. The molecule has 1 fully saturated rings. The Morgan fingerprint density at radius 3 is 2.57 bits per heavy atom. The second-order valence-electron chi connectivity index (χ2n) is 7.20. The van der Waals surface area contributed by atoms with Crippen LogP contribution in [-0.4, -0.2) is 24.9 Å². The van der Waals surface area contributed by atoms with Crippen molar-refractivity contribution >= 4 is 21.4 Å². The fourth-order valence-electron chi connectivity index (χ4n) is 3.74. The Bertz CT molecular complexity index is 1100. The van der Waals surface area contributed by atoms with Crippen LogP contribution < -0.4 is 5.32 Å². The van der Waals surface area contributed by atoms with Gasteiger partial charge in [-0.1, -0.05) is 29.8 Å². The second-order valence-corrected chi connectivity index (χ2v) is 9.74. The van der Waals surface area contributed by atoms with Gasteiger partial charge in [0.1, 0.15) is 5.37 Å². The SMILES string of the molecule is Cc1cccn1-c1cc(-c2ccccc2Cl)cc(S(=O)(=O)C2CCCCN2)c1. The van der Waals surface area contributed by atoms with Crippen LogP contribution in [0.25, 0.3) is 16.8 Å². The molecule has 3 aromatic rings. The highest BCUT2D eigenvalue weighted by Gasteiger charge is 2.29. The Hall–Kier alpha value is -2.08. The summed E-state index contributed by atoms with van der Waals surface area (Å²) in [5.41, 5.74) is 3.47. The van der Waals surface area contributed by atoms with Crippen LogP contribution in [0.4, 0.5) is 0 Å². The predicted molar refractivity (Wildman–Crippen MR) is 114 cm³/mol. The third-order valence-corrected chi connectivity index (χ3v) is 7.65. The highest BCUT2D eigenvalue weighted by atomic mass is 35.5. The first kappa shape index (κ1) is 19.2. The zero-order chi connectivity index (χ0) is 19.7. The van der Waals surface area contributed by atoms with Gasteiger partial charge in [-0.2, -0.15) is 0 Å². The van der Waals surface area contributed by atoms with Gasteiger partial charge >= 0.3 is 0 Å². The zero-order valence-corrected chi connectivity index (χ0v) is 17.3. The Labute approximate surface area is 171 Å². The van der Waals surface area contributed by atoms with Gasteiger partial charge in [0.25, 0.3) is 0 Å². The Morgan fingerprint density at radius 1 is 1.07 bits per heavy atom. The first-order chi connectivity index (χ1) is 13.5. The van der Waals surface area contributed by atoms with Gasteiger partial charge in [-0.25, -0.2) is 8.42 Å². The summed E-state index contributed by atoms with van der Waals surface area (Å²) >= 11 is 6.41. The molecule has 1 atom stereocenters. The van der Waals surface area contributed by atoms with Gasteiger partial charge in [0.2, 0.25) is 0 Å². The predicted octanol–water partition coefficient (Wildman–Crippen LogP) is 4.98. The molecular weight excluding hydrogens is 392 g/mol. The van der Waals surface area contributed by atoms with Gasteiger partial charge in [-0.3, -0.25) is 0 Å². The van der Waals surface area contributed by atoms with Crippen LogP contribution in [0.2, 0.25) is 5.02 Å². The molecule has 6 heteroatoms. The monoisotopic (exact) mass is 414 g/mol. The van der Waals surface area contributed by atoms with E-state index in [4.69, 9.17) is 11.6 Å². The number of aromatic nitrogens is 1. The van der Waals surface area contributed by atoms with E-state index < -0.39 is 15.2 Å². The standard InChI is InChI=1S/C22H23ClN2O2S/c1-16-7-6-12-25(16)18-13-17(20-8-2-3-9-21(20)23)14-19(15-18)28(26,27)22-10-4-5-11-24-22/h2-3,6-9,12-15,22,24H,4-5,10-11H2,1H3. The number of benzene rings is 2. The Balaban J connectivity index is 1.90. The van der Waals surface area contributed by atoms with E-state index in [1.807, 2.05) is 60.2 Å². The number of piperidine rings is 1. The average molecular weight is 415 g/mol. The molecule has 0 saturated carbocycles. The zero-order valence-electron chi connectivity index (χ0n) is 15.7. The normalized spacial score (nSPS) is 17.6. The molecule has 0 radical (unpaired) electrons. The molecule has 0 spiro atoms. The van der Waals surface area contributed by atoms with Crippen molar-refractivity contribution in [1.29, 1.82) is 0 Å². The summed E-state index contributed by atoms with van der Waals surface area (Å²) in [7, 11) is -3.50. The molecule has 1 unspecified atom stereocenters. The number of sulfone groups is 1. The van der Waals surface area contributed by atoms with Gasteiger partial charge in [-0.15, -0.1) is 0 Å². The molecule has 2 aromatic carbocycles. The van der Waals surface area contributed by atoms with E-state index in [-0.39, 0.29) is 0 Å². The maximum atomic E-state index is 13.4. The molecule has 0 bridgehead atoms. The number of aryl methyl sites for hydroxylation is 1. The lowest BCUT2D eigenvalue weighted by Crippen LogP contribution is -2.40. The minimum Gasteiger partial charge on any atom is -0.321 e. The molecule has 0 amide bonds. The quantitative estimate of drug-likeness (QED) is 0.655. The highest BCUT2D eigenvalue weighted by molar-refractivity contribution is 7.92. The third-order valence-electron chi connectivity index (χ3n) is 5.28. The van der Waals surface area contributed by atoms with E-state index in [0.29, 0.717) is 16.3 Å². The van der Waals surface area contributed by atoms with Crippen LogP contribution in [-0.2, 0) is 9.84 Å². The topological polar surface area (TPSA) is 51.1 Å². The molecule has 2 heterocycles. The van der Waals surface area contributed by atoms with Gasteiger partial charge in [-0.05, 0) is 74.7 Å². The van der Waals surface area contributed by atoms with Crippen molar-refractivity contribution in [3.63, 3.8) is 0 Å². The maximum absolute atomic E-state index is 13.4. The molecule has 28 heavy (non-hydrogen) atoms. The summed E-state index contributed by atoms with van der Waals surface area (Å²) in [5.74, 6) is 0. The largest absolute Gasteiger partial charge is 0.321 e. The van der Waals surface area contributed by atoms with Crippen LogP contribution in [0.3, 0.4) is 0 Å². The van der Waals surface area contributed by atoms with E-state index in [9.17, 15) is 8.42 Å². The lowest BCUT2D eigenvalue weighted by atomic mass is 10.0. The fourth-order valence-corrected chi connectivity index (χ4v) is 5.71. The van der Waals surface area contributed by atoms with Crippen molar-refractivity contribution in [3.8, 4) is 16.8 Å². The summed E-state index contributed by atoms with van der Waals surface area (Å²) in [5, 5.41) is 3.23. The summed E-state index contributed by atoms with van der Waals surface area (Å²) in [6.07, 6.45) is 4.51.